The minimum atomic E-state index is -4.62. The van der Waals surface area contributed by atoms with Gasteiger partial charge in [0.05, 0.1) is 12.0 Å². The standard InChI is InChI=1S/C32H33F3N4O5/c1-31(2,14-11-28(41)42)20-39-25-10-6-4-8-23(25)19-38(29(43)21-12-15-36-16-13-21)26(30(39)44)17-27(40)37-18-22-7-3-5-9-24(22)32(33,34)35/h3-10,12-13,15-16,26H,11,14,17-20H2,1-2H3,(H,37,40)(H,41,42). The monoisotopic (exact) mass is 610 g/mol. The van der Waals surface area contributed by atoms with E-state index < -0.39 is 59.9 Å². The van der Waals surface area contributed by atoms with Crippen molar-refractivity contribution in [3.63, 3.8) is 0 Å². The second-order valence-corrected chi connectivity index (χ2v) is 11.4. The van der Waals surface area contributed by atoms with Crippen molar-refractivity contribution in [1.29, 1.82) is 0 Å². The summed E-state index contributed by atoms with van der Waals surface area (Å²) in [5.41, 5.74) is -0.274. The zero-order valence-corrected chi connectivity index (χ0v) is 24.3. The molecule has 12 heteroatoms. The molecule has 232 valence electrons. The summed E-state index contributed by atoms with van der Waals surface area (Å²) < 4.78 is 40.5. The lowest BCUT2D eigenvalue weighted by Gasteiger charge is -2.35. The average Bonchev–Trinajstić information content (AvgIpc) is 3.09. The summed E-state index contributed by atoms with van der Waals surface area (Å²) in [5.74, 6) is -2.78. The number of carboxylic acids is 1. The van der Waals surface area contributed by atoms with Gasteiger partial charge in [0, 0.05) is 49.7 Å². The van der Waals surface area contributed by atoms with Crippen molar-refractivity contribution in [3.05, 3.63) is 95.3 Å². The number of hydrogen-bond donors (Lipinski definition) is 2. The second-order valence-electron chi connectivity index (χ2n) is 11.4. The molecular formula is C32H33F3N4O5. The number of hydrogen-bond acceptors (Lipinski definition) is 5. The minimum absolute atomic E-state index is 0.0238. The molecule has 0 radical (unpaired) electrons. The Bertz CT molecular complexity index is 1530. The van der Waals surface area contributed by atoms with Gasteiger partial charge in [0.1, 0.15) is 6.04 Å². The van der Waals surface area contributed by atoms with Gasteiger partial charge in [-0.05, 0) is 47.2 Å². The number of carbonyl (C=O) groups excluding carboxylic acids is 3. The van der Waals surface area contributed by atoms with Gasteiger partial charge >= 0.3 is 12.1 Å². The molecule has 4 rings (SSSR count). The maximum atomic E-state index is 14.3. The van der Waals surface area contributed by atoms with Crippen LogP contribution in [0.5, 0.6) is 0 Å². The Balaban J connectivity index is 1.68. The fourth-order valence-corrected chi connectivity index (χ4v) is 5.21. The van der Waals surface area contributed by atoms with Crippen LogP contribution in [-0.4, -0.2) is 51.3 Å². The maximum Gasteiger partial charge on any atom is 0.416 e. The number of halogens is 3. The average molecular weight is 611 g/mol. The van der Waals surface area contributed by atoms with E-state index in [1.807, 2.05) is 13.8 Å². The highest BCUT2D eigenvalue weighted by Gasteiger charge is 2.41. The van der Waals surface area contributed by atoms with Crippen LogP contribution in [0.3, 0.4) is 0 Å². The molecule has 1 unspecified atom stereocenters. The van der Waals surface area contributed by atoms with Gasteiger partial charge in [-0.1, -0.05) is 50.2 Å². The quantitative estimate of drug-likeness (QED) is 0.332. The number of alkyl halides is 3. The van der Waals surface area contributed by atoms with Crippen molar-refractivity contribution >= 4 is 29.4 Å². The van der Waals surface area contributed by atoms with Gasteiger partial charge < -0.3 is 20.2 Å². The summed E-state index contributed by atoms with van der Waals surface area (Å²) in [6, 6.07) is 13.5. The summed E-state index contributed by atoms with van der Waals surface area (Å²) in [6.07, 6.45) is -2.13. The molecular weight excluding hydrogens is 577 g/mol. The highest BCUT2D eigenvalue weighted by atomic mass is 19.4. The number of fused-ring (bicyclic) bond motifs is 1. The highest BCUT2D eigenvalue weighted by molar-refractivity contribution is 6.05. The van der Waals surface area contributed by atoms with E-state index in [1.54, 1.807) is 24.3 Å². The van der Waals surface area contributed by atoms with E-state index in [0.29, 0.717) is 11.3 Å². The van der Waals surface area contributed by atoms with Crippen molar-refractivity contribution < 1.29 is 37.5 Å². The Labute approximate surface area is 252 Å². The number of nitrogens with one attached hydrogen (secondary N) is 1. The molecule has 0 bridgehead atoms. The number of carboxylic acid groups (broad SMARTS) is 1. The van der Waals surface area contributed by atoms with Crippen LogP contribution in [0.15, 0.2) is 73.1 Å². The summed E-state index contributed by atoms with van der Waals surface area (Å²) in [4.78, 5) is 59.4. The Kier molecular flexibility index (Phi) is 9.71. The first kappa shape index (κ1) is 32.2. The number of nitrogens with zero attached hydrogens (tertiary/aromatic N) is 3. The minimum Gasteiger partial charge on any atom is -0.481 e. The van der Waals surface area contributed by atoms with Crippen LogP contribution in [0.2, 0.25) is 0 Å². The van der Waals surface area contributed by atoms with Crippen molar-refractivity contribution in [2.75, 3.05) is 11.4 Å². The molecule has 0 saturated heterocycles. The van der Waals surface area contributed by atoms with Crippen LogP contribution in [-0.2, 0) is 33.6 Å². The lowest BCUT2D eigenvalue weighted by molar-refractivity contribution is -0.139. The molecule has 0 saturated carbocycles. The first-order chi connectivity index (χ1) is 20.8. The van der Waals surface area contributed by atoms with Gasteiger partial charge in [-0.25, -0.2) is 0 Å². The van der Waals surface area contributed by atoms with E-state index in [1.165, 1.54) is 52.5 Å². The normalized spacial score (nSPS) is 15.4. The zero-order chi connectivity index (χ0) is 32.1. The molecule has 3 amide bonds. The van der Waals surface area contributed by atoms with Crippen LogP contribution in [0, 0.1) is 5.41 Å². The van der Waals surface area contributed by atoms with Gasteiger partial charge in [0.2, 0.25) is 11.8 Å². The van der Waals surface area contributed by atoms with E-state index in [0.717, 1.165) is 6.07 Å². The topological polar surface area (TPSA) is 120 Å². The summed E-state index contributed by atoms with van der Waals surface area (Å²) >= 11 is 0. The molecule has 2 N–H and O–H groups in total. The SMILES string of the molecule is CC(C)(CCC(=O)O)CN1C(=O)C(CC(=O)NCc2ccccc2C(F)(F)F)N(C(=O)c2ccncc2)Cc2ccccc21. The van der Waals surface area contributed by atoms with Gasteiger partial charge in [-0.3, -0.25) is 24.2 Å². The number of aliphatic carboxylic acids is 1. The Morgan fingerprint density at radius 2 is 1.66 bits per heavy atom. The first-order valence-corrected chi connectivity index (χ1v) is 14.0. The number of amides is 3. The molecule has 1 aliphatic rings. The van der Waals surface area contributed by atoms with Crippen molar-refractivity contribution in [2.45, 2.75) is 58.4 Å². The fourth-order valence-electron chi connectivity index (χ4n) is 5.21. The lowest BCUT2D eigenvalue weighted by atomic mass is 9.86. The van der Waals surface area contributed by atoms with Crippen LogP contribution in [0.1, 0.15) is 60.2 Å². The number of aromatic nitrogens is 1. The van der Waals surface area contributed by atoms with E-state index in [-0.39, 0.29) is 37.1 Å². The summed E-state index contributed by atoms with van der Waals surface area (Å²) in [6.45, 7) is 3.31. The Morgan fingerprint density at radius 3 is 2.34 bits per heavy atom. The Morgan fingerprint density at radius 1 is 1.00 bits per heavy atom. The molecule has 1 aliphatic heterocycles. The molecule has 0 spiro atoms. The predicted octanol–water partition coefficient (Wildman–Crippen LogP) is 5.06. The number of para-hydroxylation sites is 1. The zero-order valence-electron chi connectivity index (χ0n) is 24.3. The van der Waals surface area contributed by atoms with E-state index >= 15 is 0 Å². The van der Waals surface area contributed by atoms with Crippen LogP contribution in [0.25, 0.3) is 0 Å². The number of benzene rings is 2. The molecule has 9 nitrogen and oxygen atoms in total. The maximum absolute atomic E-state index is 14.3. The van der Waals surface area contributed by atoms with E-state index in [2.05, 4.69) is 10.3 Å². The fraction of sp³-hybridized carbons (Fsp3) is 0.344. The van der Waals surface area contributed by atoms with Gasteiger partial charge in [-0.2, -0.15) is 13.2 Å². The lowest BCUT2D eigenvalue weighted by Crippen LogP contribution is -2.52. The summed E-state index contributed by atoms with van der Waals surface area (Å²) in [5, 5.41) is 11.7. The van der Waals surface area contributed by atoms with Crippen LogP contribution >= 0.6 is 0 Å². The van der Waals surface area contributed by atoms with E-state index in [4.69, 9.17) is 0 Å². The Hall–Kier alpha value is -4.74. The smallest absolute Gasteiger partial charge is 0.416 e. The largest absolute Gasteiger partial charge is 0.481 e. The highest BCUT2D eigenvalue weighted by Crippen LogP contribution is 2.35. The molecule has 1 aromatic heterocycles. The third-order valence-electron chi connectivity index (χ3n) is 7.52. The first-order valence-electron chi connectivity index (χ1n) is 14.0. The van der Waals surface area contributed by atoms with Gasteiger partial charge in [0.25, 0.3) is 5.91 Å². The van der Waals surface area contributed by atoms with Crippen molar-refractivity contribution in [3.8, 4) is 0 Å². The molecule has 1 atom stereocenters. The number of rotatable bonds is 10. The van der Waals surface area contributed by atoms with Crippen LogP contribution in [0.4, 0.5) is 18.9 Å². The van der Waals surface area contributed by atoms with E-state index in [9.17, 15) is 37.5 Å². The number of pyridine rings is 1. The van der Waals surface area contributed by atoms with Gasteiger partial charge in [-0.15, -0.1) is 0 Å². The molecule has 2 heterocycles. The molecule has 0 aliphatic carbocycles. The second kappa shape index (κ2) is 13.3. The summed E-state index contributed by atoms with van der Waals surface area (Å²) in [7, 11) is 0. The molecule has 2 aromatic carbocycles. The number of carbonyl (C=O) groups is 4. The molecule has 3 aromatic rings. The number of anilines is 1. The molecule has 0 fully saturated rings. The van der Waals surface area contributed by atoms with Crippen molar-refractivity contribution in [1.82, 2.24) is 15.2 Å². The predicted molar refractivity (Wildman–Crippen MR) is 155 cm³/mol. The van der Waals surface area contributed by atoms with Crippen LogP contribution < -0.4 is 10.2 Å². The third kappa shape index (κ3) is 7.80. The molecule has 44 heavy (non-hydrogen) atoms. The van der Waals surface area contributed by atoms with Crippen molar-refractivity contribution in [2.24, 2.45) is 5.41 Å². The van der Waals surface area contributed by atoms with Gasteiger partial charge in [0.15, 0.2) is 0 Å². The third-order valence-corrected chi connectivity index (χ3v) is 7.52.